The first-order valence-electron chi connectivity index (χ1n) is 6.65. The molecule has 0 bridgehead atoms. The van der Waals surface area contributed by atoms with Crippen molar-refractivity contribution >= 4 is 11.8 Å². The maximum Gasteiger partial charge on any atom is 0.251 e. The molecule has 0 saturated carbocycles. The maximum absolute atomic E-state index is 11.7. The van der Waals surface area contributed by atoms with Crippen LogP contribution in [0.5, 0.6) is 0 Å². The molecule has 0 amide bonds. The van der Waals surface area contributed by atoms with Crippen LogP contribution in [-0.4, -0.2) is 9.97 Å². The van der Waals surface area contributed by atoms with Crippen LogP contribution in [0.25, 0.3) is 0 Å². The van der Waals surface area contributed by atoms with Crippen molar-refractivity contribution in [3.63, 3.8) is 0 Å². The molecule has 0 spiro atoms. The second-order valence-corrected chi connectivity index (χ2v) is 6.90. The van der Waals surface area contributed by atoms with E-state index in [2.05, 4.69) is 49.8 Å². The second kappa shape index (κ2) is 5.83. The Labute approximate surface area is 123 Å². The zero-order chi connectivity index (χ0) is 14.8. The molecule has 0 radical (unpaired) electrons. The molecular weight excluding hydrogens is 268 g/mol. The van der Waals surface area contributed by atoms with Crippen LogP contribution in [0.3, 0.4) is 0 Å². The van der Waals surface area contributed by atoms with Gasteiger partial charge in [-0.25, -0.2) is 4.98 Å². The number of nitrogens with zero attached hydrogens (tertiary/aromatic N) is 1. The number of aromatic amines is 1. The molecule has 1 N–H and O–H groups in total. The molecule has 20 heavy (non-hydrogen) atoms. The highest BCUT2D eigenvalue weighted by atomic mass is 32.2. The van der Waals surface area contributed by atoms with Gasteiger partial charge in [0.25, 0.3) is 5.56 Å². The van der Waals surface area contributed by atoms with Gasteiger partial charge in [0, 0.05) is 16.4 Å². The molecule has 1 aromatic carbocycles. The van der Waals surface area contributed by atoms with Gasteiger partial charge in [0.15, 0.2) is 0 Å². The van der Waals surface area contributed by atoms with Gasteiger partial charge in [-0.05, 0) is 18.6 Å². The summed E-state index contributed by atoms with van der Waals surface area (Å²) in [6.07, 6.45) is 0. The first-order valence-corrected chi connectivity index (χ1v) is 7.64. The highest BCUT2D eigenvalue weighted by Crippen LogP contribution is 2.25. The zero-order valence-electron chi connectivity index (χ0n) is 12.4. The van der Waals surface area contributed by atoms with Gasteiger partial charge in [-0.3, -0.25) is 4.79 Å². The van der Waals surface area contributed by atoms with E-state index in [0.29, 0.717) is 5.75 Å². The summed E-state index contributed by atoms with van der Waals surface area (Å²) in [5.41, 5.74) is 1.88. The third-order valence-corrected chi connectivity index (χ3v) is 4.20. The minimum absolute atomic E-state index is 0.0784. The quantitative estimate of drug-likeness (QED) is 0.877. The van der Waals surface area contributed by atoms with Gasteiger partial charge in [-0.2, -0.15) is 0 Å². The van der Waals surface area contributed by atoms with E-state index in [9.17, 15) is 4.79 Å². The van der Waals surface area contributed by atoms with Gasteiger partial charge in [-0.1, -0.05) is 39.0 Å². The van der Waals surface area contributed by atoms with E-state index in [1.54, 1.807) is 17.8 Å². The van der Waals surface area contributed by atoms with Crippen LogP contribution in [0.15, 0.2) is 40.0 Å². The molecule has 0 atom stereocenters. The van der Waals surface area contributed by atoms with Crippen molar-refractivity contribution in [1.82, 2.24) is 9.97 Å². The molecule has 0 aliphatic carbocycles. The molecular formula is C16H20N2OS. The van der Waals surface area contributed by atoms with Crippen LogP contribution in [0, 0.1) is 6.92 Å². The summed E-state index contributed by atoms with van der Waals surface area (Å²) in [4.78, 5) is 20.3. The van der Waals surface area contributed by atoms with E-state index < -0.39 is 0 Å². The number of thioether (sulfide) groups is 1. The summed E-state index contributed by atoms with van der Waals surface area (Å²) in [6, 6.07) is 9.81. The standard InChI is InChI=1S/C16H20N2OS/c1-11-7-5-6-8-12(11)20-10-14-17-13(16(2,3)4)9-15(19)18-14/h5-9H,10H2,1-4H3,(H,17,18,19). The summed E-state index contributed by atoms with van der Waals surface area (Å²) in [5, 5.41) is 0. The normalized spacial score (nSPS) is 11.6. The molecule has 1 aromatic heterocycles. The van der Waals surface area contributed by atoms with Crippen molar-refractivity contribution in [2.24, 2.45) is 0 Å². The largest absolute Gasteiger partial charge is 0.310 e. The molecule has 0 aliphatic heterocycles. The van der Waals surface area contributed by atoms with Gasteiger partial charge in [0.05, 0.1) is 11.4 Å². The van der Waals surface area contributed by atoms with Crippen LogP contribution in [0.4, 0.5) is 0 Å². The zero-order valence-corrected chi connectivity index (χ0v) is 13.2. The number of benzene rings is 1. The van der Waals surface area contributed by atoms with Crippen LogP contribution in [0.1, 0.15) is 37.9 Å². The minimum atomic E-state index is -0.115. The Morgan fingerprint density at radius 3 is 2.60 bits per heavy atom. The summed E-state index contributed by atoms with van der Waals surface area (Å²) in [5.74, 6) is 1.40. The molecule has 0 saturated heterocycles. The Morgan fingerprint density at radius 1 is 1.25 bits per heavy atom. The fourth-order valence-corrected chi connectivity index (χ4v) is 2.72. The molecule has 2 rings (SSSR count). The highest BCUT2D eigenvalue weighted by Gasteiger charge is 2.17. The molecule has 3 nitrogen and oxygen atoms in total. The van der Waals surface area contributed by atoms with Gasteiger partial charge in [0.2, 0.25) is 0 Å². The third kappa shape index (κ3) is 3.73. The predicted octanol–water partition coefficient (Wildman–Crippen LogP) is 3.67. The maximum atomic E-state index is 11.7. The van der Waals surface area contributed by atoms with Crippen LogP contribution < -0.4 is 5.56 Å². The number of nitrogens with one attached hydrogen (secondary N) is 1. The topological polar surface area (TPSA) is 45.8 Å². The number of aryl methyl sites for hydroxylation is 1. The van der Waals surface area contributed by atoms with E-state index in [4.69, 9.17) is 0 Å². The van der Waals surface area contributed by atoms with E-state index >= 15 is 0 Å². The van der Waals surface area contributed by atoms with E-state index in [0.717, 1.165) is 11.5 Å². The number of aromatic nitrogens is 2. The molecule has 1 heterocycles. The predicted molar refractivity (Wildman–Crippen MR) is 84.3 cm³/mol. The van der Waals surface area contributed by atoms with E-state index in [1.807, 2.05) is 12.1 Å². The van der Waals surface area contributed by atoms with Crippen LogP contribution in [-0.2, 0) is 11.2 Å². The second-order valence-electron chi connectivity index (χ2n) is 5.88. The number of hydrogen-bond donors (Lipinski definition) is 1. The molecule has 0 fully saturated rings. The fraction of sp³-hybridized carbons (Fsp3) is 0.375. The average molecular weight is 288 g/mol. The lowest BCUT2D eigenvalue weighted by atomic mass is 9.92. The Morgan fingerprint density at radius 2 is 1.95 bits per heavy atom. The monoisotopic (exact) mass is 288 g/mol. The van der Waals surface area contributed by atoms with E-state index in [-0.39, 0.29) is 11.0 Å². The van der Waals surface area contributed by atoms with Crippen molar-refractivity contribution in [3.8, 4) is 0 Å². The van der Waals surface area contributed by atoms with Gasteiger partial charge >= 0.3 is 0 Å². The highest BCUT2D eigenvalue weighted by molar-refractivity contribution is 7.98. The van der Waals surface area contributed by atoms with Gasteiger partial charge in [-0.15, -0.1) is 11.8 Å². The van der Waals surface area contributed by atoms with Crippen molar-refractivity contribution in [2.45, 2.75) is 43.8 Å². The summed E-state index contributed by atoms with van der Waals surface area (Å²) < 4.78 is 0. The Kier molecular flexibility index (Phi) is 4.33. The lowest BCUT2D eigenvalue weighted by Gasteiger charge is -2.17. The summed E-state index contributed by atoms with van der Waals surface area (Å²) in [7, 11) is 0. The Balaban J connectivity index is 2.20. The number of H-pyrrole nitrogens is 1. The van der Waals surface area contributed by atoms with Crippen molar-refractivity contribution < 1.29 is 0 Å². The molecule has 0 aliphatic rings. The molecule has 106 valence electrons. The Bertz CT molecular complexity index is 656. The van der Waals surface area contributed by atoms with Gasteiger partial charge in [0.1, 0.15) is 5.82 Å². The average Bonchev–Trinajstić information content (AvgIpc) is 2.36. The minimum Gasteiger partial charge on any atom is -0.310 e. The first kappa shape index (κ1) is 14.9. The summed E-state index contributed by atoms with van der Waals surface area (Å²) >= 11 is 1.70. The van der Waals surface area contributed by atoms with Crippen molar-refractivity contribution in [3.05, 3.63) is 57.8 Å². The fourth-order valence-electron chi connectivity index (χ4n) is 1.83. The SMILES string of the molecule is Cc1ccccc1SCc1nc(C(C)(C)C)cc(=O)[nH]1. The number of hydrogen-bond acceptors (Lipinski definition) is 3. The smallest absolute Gasteiger partial charge is 0.251 e. The lowest BCUT2D eigenvalue weighted by molar-refractivity contribution is 0.562. The summed E-state index contributed by atoms with van der Waals surface area (Å²) in [6.45, 7) is 8.28. The number of rotatable bonds is 3. The lowest BCUT2D eigenvalue weighted by Crippen LogP contribution is -2.20. The van der Waals surface area contributed by atoms with Gasteiger partial charge < -0.3 is 4.98 Å². The van der Waals surface area contributed by atoms with Crippen molar-refractivity contribution in [1.29, 1.82) is 0 Å². The van der Waals surface area contributed by atoms with Crippen LogP contribution in [0.2, 0.25) is 0 Å². The molecule has 2 aromatic rings. The van der Waals surface area contributed by atoms with E-state index in [1.165, 1.54) is 10.5 Å². The van der Waals surface area contributed by atoms with Crippen molar-refractivity contribution in [2.75, 3.05) is 0 Å². The molecule has 0 unspecified atom stereocenters. The third-order valence-electron chi connectivity index (χ3n) is 3.02. The Hall–Kier alpha value is -1.55. The molecule has 4 heteroatoms. The first-order chi connectivity index (χ1) is 9.36. The van der Waals surface area contributed by atoms with Crippen LogP contribution >= 0.6 is 11.8 Å².